The van der Waals surface area contributed by atoms with Crippen LogP contribution < -0.4 is 4.72 Å². The molecule has 0 unspecified atom stereocenters. The number of aliphatic imine (C=N–C) groups is 1. The van der Waals surface area contributed by atoms with Crippen LogP contribution in [0.15, 0.2) is 16.3 Å². The number of nitrogens with one attached hydrogen (secondary N) is 1. The third kappa shape index (κ3) is 3.86. The largest absolute Gasteiger partial charge is 0.333 e. The van der Waals surface area contributed by atoms with Crippen LogP contribution in [0.5, 0.6) is 0 Å². The molecule has 1 saturated carbocycles. The third-order valence-corrected chi connectivity index (χ3v) is 7.48. The van der Waals surface area contributed by atoms with Gasteiger partial charge in [-0.25, -0.2) is 13.1 Å². The number of allylic oxidation sites excluding steroid dienone is 1. The molecule has 2 aliphatic heterocycles. The molecule has 0 aromatic rings. The van der Waals surface area contributed by atoms with Crippen LogP contribution >= 0.6 is 0 Å². The van der Waals surface area contributed by atoms with Gasteiger partial charge in [0.25, 0.3) is 0 Å². The van der Waals surface area contributed by atoms with E-state index < -0.39 is 10.0 Å². The lowest BCUT2D eigenvalue weighted by Gasteiger charge is -2.41. The van der Waals surface area contributed by atoms with E-state index in [0.717, 1.165) is 31.6 Å². The first-order chi connectivity index (χ1) is 11.8. The van der Waals surface area contributed by atoms with E-state index in [4.69, 9.17) is 4.99 Å². The molecular weight excluding hydrogens is 346 g/mol. The quantitative estimate of drug-likeness (QED) is 0.810. The Hall–Kier alpha value is -0.880. The Morgan fingerprint density at radius 3 is 2.23 bits per heavy atom. The van der Waals surface area contributed by atoms with E-state index in [1.54, 1.807) is 0 Å². The van der Waals surface area contributed by atoms with Gasteiger partial charge in [0, 0.05) is 24.2 Å². The lowest BCUT2D eigenvalue weighted by atomic mass is 9.79. The van der Waals surface area contributed by atoms with Crippen LogP contribution in [-0.2, 0) is 10.0 Å². The third-order valence-electron chi connectivity index (χ3n) is 5.56. The summed E-state index contributed by atoms with van der Waals surface area (Å²) in [6.45, 7) is 17.0. The molecule has 0 bridgehead atoms. The standard InChI is InChI=1S/C20H35N3O2S/c1-13-17(19(2,3)4)16-10-14(11-21-26(24,25)15-8-9-15)12-23(16)18(22-13)20(5,6)7/h13-15,21H,8-12H2,1-7H3/t13-,14-/m0/s1. The van der Waals surface area contributed by atoms with Gasteiger partial charge in [0.2, 0.25) is 10.0 Å². The zero-order chi connectivity index (χ0) is 19.5. The molecule has 1 aliphatic carbocycles. The van der Waals surface area contributed by atoms with E-state index in [1.165, 1.54) is 11.3 Å². The van der Waals surface area contributed by atoms with E-state index >= 15 is 0 Å². The Balaban J connectivity index is 1.86. The highest BCUT2D eigenvalue weighted by atomic mass is 32.2. The van der Waals surface area contributed by atoms with Crippen molar-refractivity contribution >= 4 is 15.9 Å². The van der Waals surface area contributed by atoms with E-state index in [0.29, 0.717) is 12.5 Å². The molecule has 2 fully saturated rings. The molecular formula is C20H35N3O2S. The van der Waals surface area contributed by atoms with Crippen LogP contribution in [0.4, 0.5) is 0 Å². The minimum absolute atomic E-state index is 0.0225. The molecule has 5 nitrogen and oxygen atoms in total. The summed E-state index contributed by atoms with van der Waals surface area (Å²) in [6.07, 6.45) is 2.55. The second-order valence-electron chi connectivity index (χ2n) is 10.3. The van der Waals surface area contributed by atoms with E-state index in [9.17, 15) is 8.42 Å². The summed E-state index contributed by atoms with van der Waals surface area (Å²) in [7, 11) is -3.12. The van der Waals surface area contributed by atoms with Gasteiger partial charge in [0.05, 0.1) is 11.3 Å². The van der Waals surface area contributed by atoms with Gasteiger partial charge in [0.1, 0.15) is 5.84 Å². The van der Waals surface area contributed by atoms with Gasteiger partial charge in [-0.05, 0) is 43.1 Å². The highest BCUT2D eigenvalue weighted by Crippen LogP contribution is 2.44. The van der Waals surface area contributed by atoms with Crippen LogP contribution in [-0.4, -0.2) is 43.5 Å². The zero-order valence-electron chi connectivity index (χ0n) is 17.4. The minimum atomic E-state index is -3.12. The molecule has 3 rings (SSSR count). The van der Waals surface area contributed by atoms with Crippen molar-refractivity contribution in [2.75, 3.05) is 13.1 Å². The molecule has 0 aromatic heterocycles. The molecule has 0 radical (unpaired) electrons. The van der Waals surface area contributed by atoms with Gasteiger partial charge in [-0.15, -0.1) is 0 Å². The number of fused-ring (bicyclic) bond motifs is 1. The molecule has 26 heavy (non-hydrogen) atoms. The first-order valence-electron chi connectivity index (χ1n) is 9.88. The van der Waals surface area contributed by atoms with Crippen molar-refractivity contribution < 1.29 is 8.42 Å². The lowest BCUT2D eigenvalue weighted by Crippen LogP contribution is -2.43. The summed E-state index contributed by atoms with van der Waals surface area (Å²) in [4.78, 5) is 7.46. The fraction of sp³-hybridized carbons (Fsp3) is 0.850. The maximum absolute atomic E-state index is 12.2. The average molecular weight is 382 g/mol. The van der Waals surface area contributed by atoms with Crippen molar-refractivity contribution in [1.29, 1.82) is 0 Å². The number of amidine groups is 1. The van der Waals surface area contributed by atoms with Gasteiger partial charge in [-0.2, -0.15) is 0 Å². The Labute approximate surface area is 159 Å². The lowest BCUT2D eigenvalue weighted by molar-refractivity contribution is 0.389. The molecule has 6 heteroatoms. The number of hydrogen-bond acceptors (Lipinski definition) is 4. The number of rotatable bonds is 4. The maximum atomic E-state index is 12.2. The molecule has 0 aromatic carbocycles. The van der Waals surface area contributed by atoms with Crippen molar-refractivity contribution in [2.45, 2.75) is 79.0 Å². The Kier molecular flexibility index (Phi) is 4.84. The average Bonchev–Trinajstić information content (AvgIpc) is 3.23. The van der Waals surface area contributed by atoms with Crippen molar-refractivity contribution in [3.8, 4) is 0 Å². The van der Waals surface area contributed by atoms with E-state index in [-0.39, 0.29) is 22.1 Å². The van der Waals surface area contributed by atoms with E-state index in [2.05, 4.69) is 58.1 Å². The van der Waals surface area contributed by atoms with Crippen molar-refractivity contribution in [3.63, 3.8) is 0 Å². The summed E-state index contributed by atoms with van der Waals surface area (Å²) >= 11 is 0. The Morgan fingerprint density at radius 1 is 1.12 bits per heavy atom. The normalized spacial score (nSPS) is 27.7. The van der Waals surface area contributed by atoms with Crippen LogP contribution in [0.2, 0.25) is 0 Å². The first-order valence-corrected chi connectivity index (χ1v) is 11.4. The molecule has 3 aliphatic rings. The predicted octanol–water partition coefficient (Wildman–Crippen LogP) is 3.54. The summed E-state index contributed by atoms with van der Waals surface area (Å²) in [5.74, 6) is 1.44. The fourth-order valence-electron chi connectivity index (χ4n) is 4.37. The Morgan fingerprint density at radius 2 is 1.73 bits per heavy atom. The number of nitrogens with zero attached hydrogens (tertiary/aromatic N) is 2. The molecule has 1 saturated heterocycles. The molecule has 148 valence electrons. The van der Waals surface area contributed by atoms with Crippen molar-refractivity contribution in [1.82, 2.24) is 9.62 Å². The van der Waals surface area contributed by atoms with Crippen LogP contribution in [0.1, 0.15) is 67.7 Å². The smallest absolute Gasteiger partial charge is 0.214 e. The molecule has 0 amide bonds. The highest BCUT2D eigenvalue weighted by Gasteiger charge is 2.43. The molecule has 1 N–H and O–H groups in total. The van der Waals surface area contributed by atoms with Crippen molar-refractivity contribution in [3.05, 3.63) is 11.3 Å². The molecule has 2 atom stereocenters. The topological polar surface area (TPSA) is 61.8 Å². The minimum Gasteiger partial charge on any atom is -0.333 e. The number of hydrogen-bond donors (Lipinski definition) is 1. The van der Waals surface area contributed by atoms with Gasteiger partial charge < -0.3 is 4.90 Å². The first kappa shape index (κ1) is 19.9. The zero-order valence-corrected chi connectivity index (χ0v) is 18.2. The van der Waals surface area contributed by atoms with Crippen LogP contribution in [0, 0.1) is 16.7 Å². The molecule has 0 spiro atoms. The Bertz CT molecular complexity index is 734. The fourth-order valence-corrected chi connectivity index (χ4v) is 5.83. The summed E-state index contributed by atoms with van der Waals surface area (Å²) in [6, 6.07) is 0.178. The van der Waals surface area contributed by atoms with Gasteiger partial charge in [0.15, 0.2) is 0 Å². The monoisotopic (exact) mass is 381 g/mol. The predicted molar refractivity (Wildman–Crippen MR) is 108 cm³/mol. The summed E-state index contributed by atoms with van der Waals surface area (Å²) in [5, 5.41) is -0.150. The van der Waals surface area contributed by atoms with Gasteiger partial charge in [-0.1, -0.05) is 41.5 Å². The van der Waals surface area contributed by atoms with Gasteiger partial charge >= 0.3 is 0 Å². The summed E-state index contributed by atoms with van der Waals surface area (Å²) in [5.41, 5.74) is 2.81. The number of sulfonamides is 1. The second kappa shape index (κ2) is 6.33. The maximum Gasteiger partial charge on any atom is 0.214 e. The van der Waals surface area contributed by atoms with Gasteiger partial charge in [-0.3, -0.25) is 4.99 Å². The van der Waals surface area contributed by atoms with Crippen LogP contribution in [0.3, 0.4) is 0 Å². The van der Waals surface area contributed by atoms with Crippen LogP contribution in [0.25, 0.3) is 0 Å². The highest BCUT2D eigenvalue weighted by molar-refractivity contribution is 7.90. The second-order valence-corrected chi connectivity index (χ2v) is 12.3. The molecule has 2 heterocycles. The summed E-state index contributed by atoms with van der Waals surface area (Å²) < 4.78 is 27.3. The van der Waals surface area contributed by atoms with E-state index in [1.807, 2.05) is 0 Å². The SMILES string of the molecule is C[C@@H]1N=C(C(C)(C)C)N2C[C@H](CNS(=O)(=O)C3CC3)CC2=C1C(C)(C)C. The van der Waals surface area contributed by atoms with Crippen molar-refractivity contribution in [2.24, 2.45) is 21.7 Å².